The maximum atomic E-state index is 12.8. The van der Waals surface area contributed by atoms with E-state index in [4.69, 9.17) is 9.47 Å². The van der Waals surface area contributed by atoms with E-state index in [2.05, 4.69) is 10.3 Å². The Bertz CT molecular complexity index is 1000. The lowest BCUT2D eigenvalue weighted by Gasteiger charge is -2.13. The predicted octanol–water partition coefficient (Wildman–Crippen LogP) is 3.48. The van der Waals surface area contributed by atoms with Crippen LogP contribution in [0.1, 0.15) is 66.7 Å². The second kappa shape index (κ2) is 8.60. The lowest BCUT2D eigenvalue weighted by molar-refractivity contribution is -0.114. The molecule has 2 aromatic rings. The van der Waals surface area contributed by atoms with Crippen LogP contribution in [0.15, 0.2) is 0 Å². The minimum absolute atomic E-state index is 0.184. The number of esters is 2. The Morgan fingerprint density at radius 2 is 1.62 bits per heavy atom. The smallest absolute Gasteiger partial charge is 0.342 e. The Balaban J connectivity index is 2.28. The van der Waals surface area contributed by atoms with Gasteiger partial charge in [0.25, 0.3) is 0 Å². The molecule has 0 fully saturated rings. The molecule has 9 heteroatoms. The van der Waals surface area contributed by atoms with Crippen molar-refractivity contribution >= 4 is 40.0 Å². The number of aromatic nitrogens is 1. The zero-order chi connectivity index (χ0) is 22.0. The summed E-state index contributed by atoms with van der Waals surface area (Å²) >= 11 is 1.27. The number of ether oxygens (including phenoxy) is 2. The molecule has 2 rings (SSSR count). The van der Waals surface area contributed by atoms with Gasteiger partial charge in [0, 0.05) is 17.5 Å². The summed E-state index contributed by atoms with van der Waals surface area (Å²) in [7, 11) is 1.26. The second-order valence-corrected chi connectivity index (χ2v) is 7.92. The summed E-state index contributed by atoms with van der Waals surface area (Å²) < 4.78 is 10.1. The Kier molecular flexibility index (Phi) is 6.63. The number of Topliss-reactive ketones (excluding diaryl/α,β-unsaturated/α-hetero) is 1. The summed E-state index contributed by atoms with van der Waals surface area (Å²) in [6.07, 6.45) is -1.10. The highest BCUT2D eigenvalue weighted by Crippen LogP contribution is 2.33. The largest absolute Gasteiger partial charge is 0.465 e. The van der Waals surface area contributed by atoms with Crippen LogP contribution in [-0.4, -0.2) is 41.8 Å². The highest BCUT2D eigenvalue weighted by Gasteiger charge is 2.29. The van der Waals surface area contributed by atoms with Crippen LogP contribution in [0.3, 0.4) is 0 Å². The molecule has 0 aliphatic rings. The third-order valence-electron chi connectivity index (χ3n) is 4.61. The molecule has 0 spiro atoms. The number of aromatic amines is 1. The number of methoxy groups -OCH3 is 1. The molecule has 0 saturated heterocycles. The van der Waals surface area contributed by atoms with Crippen molar-refractivity contribution in [1.29, 1.82) is 0 Å². The lowest BCUT2D eigenvalue weighted by Crippen LogP contribution is -2.26. The molecule has 2 N–H and O–H groups in total. The van der Waals surface area contributed by atoms with Crippen molar-refractivity contribution in [2.75, 3.05) is 12.4 Å². The summed E-state index contributed by atoms with van der Waals surface area (Å²) in [6.45, 7) is 9.67. The van der Waals surface area contributed by atoms with Gasteiger partial charge in [-0.3, -0.25) is 9.59 Å². The first kappa shape index (κ1) is 22.4. The van der Waals surface area contributed by atoms with Gasteiger partial charge in [-0.2, -0.15) is 0 Å². The number of hydrogen-bond acceptors (Lipinski definition) is 7. The Morgan fingerprint density at radius 3 is 2.17 bits per heavy atom. The van der Waals surface area contributed by atoms with Gasteiger partial charge in [-0.05, 0) is 45.7 Å². The SMILES string of the molecule is COC(=O)c1c(C)[nH]c(C(=O)[C@@H](C)OC(=O)c2c(NC(C)=O)sc(C)c2C)c1C. The molecule has 1 amide bonds. The monoisotopic (exact) mass is 420 g/mol. The molecule has 1 atom stereocenters. The fourth-order valence-corrected chi connectivity index (χ4v) is 4.10. The van der Waals surface area contributed by atoms with Gasteiger partial charge in [-0.1, -0.05) is 0 Å². The zero-order valence-corrected chi connectivity index (χ0v) is 18.3. The fraction of sp³-hybridized carbons (Fsp3) is 0.400. The average molecular weight is 420 g/mol. The Hall–Kier alpha value is -2.94. The molecule has 0 radical (unpaired) electrons. The maximum absolute atomic E-state index is 12.8. The number of carbonyl (C=O) groups excluding carboxylic acids is 4. The molecule has 0 unspecified atom stereocenters. The van der Waals surface area contributed by atoms with E-state index >= 15 is 0 Å². The van der Waals surface area contributed by atoms with E-state index in [9.17, 15) is 19.2 Å². The summed E-state index contributed by atoms with van der Waals surface area (Å²) in [5.41, 5.74) is 2.31. The maximum Gasteiger partial charge on any atom is 0.342 e. The lowest BCUT2D eigenvalue weighted by atomic mass is 10.1. The zero-order valence-electron chi connectivity index (χ0n) is 17.4. The minimum atomic E-state index is -1.10. The minimum Gasteiger partial charge on any atom is -0.465 e. The molecule has 156 valence electrons. The molecule has 0 saturated carbocycles. The van der Waals surface area contributed by atoms with Crippen molar-refractivity contribution in [1.82, 2.24) is 4.98 Å². The number of thiophene rings is 1. The normalized spacial score (nSPS) is 11.7. The van der Waals surface area contributed by atoms with Gasteiger partial charge in [0.05, 0.1) is 23.9 Å². The highest BCUT2D eigenvalue weighted by molar-refractivity contribution is 7.16. The van der Waals surface area contributed by atoms with Crippen molar-refractivity contribution in [3.05, 3.63) is 38.5 Å². The van der Waals surface area contributed by atoms with Crippen LogP contribution in [0, 0.1) is 27.7 Å². The number of aryl methyl sites for hydroxylation is 2. The topological polar surface area (TPSA) is 115 Å². The summed E-state index contributed by atoms with van der Waals surface area (Å²) in [5.74, 6) is -2.04. The van der Waals surface area contributed by atoms with Gasteiger partial charge in [-0.25, -0.2) is 9.59 Å². The third-order valence-corrected chi connectivity index (χ3v) is 5.73. The number of hydrogen-bond donors (Lipinski definition) is 2. The van der Waals surface area contributed by atoms with E-state index in [0.717, 1.165) is 4.88 Å². The molecular weight excluding hydrogens is 396 g/mol. The number of amides is 1. The first-order valence-corrected chi connectivity index (χ1v) is 9.71. The van der Waals surface area contributed by atoms with E-state index in [-0.39, 0.29) is 22.7 Å². The quantitative estimate of drug-likeness (QED) is 0.546. The summed E-state index contributed by atoms with van der Waals surface area (Å²) in [4.78, 5) is 52.6. The first-order chi connectivity index (χ1) is 13.5. The first-order valence-electron chi connectivity index (χ1n) is 8.89. The third kappa shape index (κ3) is 4.40. The van der Waals surface area contributed by atoms with Crippen LogP contribution >= 0.6 is 11.3 Å². The van der Waals surface area contributed by atoms with Crippen LogP contribution in [0.5, 0.6) is 0 Å². The van der Waals surface area contributed by atoms with Crippen LogP contribution in [0.2, 0.25) is 0 Å². The summed E-state index contributed by atoms with van der Waals surface area (Å²) in [5, 5.41) is 3.01. The Morgan fingerprint density at radius 1 is 1.00 bits per heavy atom. The van der Waals surface area contributed by atoms with Crippen LogP contribution in [0.4, 0.5) is 5.00 Å². The number of anilines is 1. The van der Waals surface area contributed by atoms with E-state index in [0.29, 0.717) is 21.8 Å². The van der Waals surface area contributed by atoms with Gasteiger partial charge in [-0.15, -0.1) is 11.3 Å². The highest BCUT2D eigenvalue weighted by atomic mass is 32.1. The molecular formula is C20H24N2O6S. The Labute approximate surface area is 172 Å². The van der Waals surface area contributed by atoms with Gasteiger partial charge in [0.2, 0.25) is 11.7 Å². The van der Waals surface area contributed by atoms with Crippen molar-refractivity contribution in [3.8, 4) is 0 Å². The molecule has 0 aliphatic heterocycles. The number of ketones is 1. The molecule has 2 heterocycles. The predicted molar refractivity (Wildman–Crippen MR) is 109 cm³/mol. The fourth-order valence-electron chi connectivity index (χ4n) is 3.00. The number of nitrogens with one attached hydrogen (secondary N) is 2. The van der Waals surface area contributed by atoms with Gasteiger partial charge in [0.1, 0.15) is 5.00 Å². The number of rotatable bonds is 6. The van der Waals surface area contributed by atoms with E-state index in [1.54, 1.807) is 20.8 Å². The van der Waals surface area contributed by atoms with Crippen molar-refractivity contribution in [2.24, 2.45) is 0 Å². The van der Waals surface area contributed by atoms with Crippen molar-refractivity contribution in [2.45, 2.75) is 47.6 Å². The van der Waals surface area contributed by atoms with Crippen LogP contribution in [-0.2, 0) is 14.3 Å². The number of H-pyrrole nitrogens is 1. The summed E-state index contributed by atoms with van der Waals surface area (Å²) in [6, 6.07) is 0. The average Bonchev–Trinajstić information content (AvgIpc) is 3.08. The van der Waals surface area contributed by atoms with Gasteiger partial charge >= 0.3 is 11.9 Å². The van der Waals surface area contributed by atoms with Gasteiger partial charge in [0.15, 0.2) is 6.10 Å². The van der Waals surface area contributed by atoms with Gasteiger partial charge < -0.3 is 19.8 Å². The molecule has 8 nitrogen and oxygen atoms in total. The van der Waals surface area contributed by atoms with Crippen molar-refractivity contribution in [3.63, 3.8) is 0 Å². The molecule has 0 aliphatic carbocycles. The molecule has 29 heavy (non-hydrogen) atoms. The van der Waals surface area contributed by atoms with E-state index in [1.165, 1.54) is 32.3 Å². The molecule has 0 bridgehead atoms. The van der Waals surface area contributed by atoms with Crippen LogP contribution < -0.4 is 5.32 Å². The second-order valence-electron chi connectivity index (χ2n) is 6.70. The van der Waals surface area contributed by atoms with E-state index < -0.39 is 23.8 Å². The molecule has 0 aromatic carbocycles. The number of carbonyl (C=O) groups is 4. The molecule has 2 aromatic heterocycles. The van der Waals surface area contributed by atoms with Crippen LogP contribution in [0.25, 0.3) is 0 Å². The van der Waals surface area contributed by atoms with E-state index in [1.807, 2.05) is 6.92 Å². The standard InChI is InChI=1S/C20H24N2O6S/c1-8-12(5)29-18(22-13(6)23)15(8)20(26)28-11(4)17(24)16-9(2)14(10(3)21-16)19(25)27-7/h11,21H,1-7H3,(H,22,23)/t11-/m1/s1. The van der Waals surface area contributed by atoms with Crippen molar-refractivity contribution < 1.29 is 28.7 Å².